The summed E-state index contributed by atoms with van der Waals surface area (Å²) in [5.74, 6) is 0.793. The van der Waals surface area contributed by atoms with Crippen molar-refractivity contribution in [1.29, 1.82) is 0 Å². The van der Waals surface area contributed by atoms with Crippen LogP contribution in [0.2, 0.25) is 0 Å². The van der Waals surface area contributed by atoms with Crippen molar-refractivity contribution in [2.75, 3.05) is 43.4 Å². The average Bonchev–Trinajstić information content (AvgIpc) is 2.75. The molecular weight excluding hydrogens is 350 g/mol. The number of hydrogen-bond donors (Lipinski definition) is 2. The minimum absolute atomic E-state index is 0.128. The Morgan fingerprint density at radius 1 is 0.964 bits per heavy atom. The zero-order chi connectivity index (χ0) is 19.3. The number of nitrogens with zero attached hydrogens (tertiary/aromatic N) is 3. The van der Waals surface area contributed by atoms with Gasteiger partial charge >= 0.3 is 0 Å². The Kier molecular flexibility index (Phi) is 5.30. The number of carbonyl (C=O) groups excluding carboxylic acids is 1. The molecule has 1 aliphatic heterocycles. The van der Waals surface area contributed by atoms with Crippen molar-refractivity contribution in [2.24, 2.45) is 0 Å². The Morgan fingerprint density at radius 3 is 2.46 bits per heavy atom. The molecule has 1 aromatic heterocycles. The summed E-state index contributed by atoms with van der Waals surface area (Å²) in [5.41, 5.74) is 3.08. The average molecular weight is 374 g/mol. The van der Waals surface area contributed by atoms with Gasteiger partial charge in [-0.25, -0.2) is 0 Å². The van der Waals surface area contributed by atoms with Gasteiger partial charge in [-0.2, -0.15) is 0 Å². The van der Waals surface area contributed by atoms with Crippen LogP contribution in [0.5, 0.6) is 0 Å². The molecule has 0 radical (unpaired) electrons. The van der Waals surface area contributed by atoms with Crippen LogP contribution >= 0.6 is 0 Å². The van der Waals surface area contributed by atoms with Gasteiger partial charge < -0.3 is 15.1 Å². The lowest BCUT2D eigenvalue weighted by atomic mass is 10.1. The van der Waals surface area contributed by atoms with Crippen molar-refractivity contribution in [1.82, 2.24) is 10.2 Å². The second-order valence-corrected chi connectivity index (χ2v) is 7.12. The Hall–Kier alpha value is -3.25. The van der Waals surface area contributed by atoms with Crippen LogP contribution in [0.1, 0.15) is 10.4 Å². The van der Waals surface area contributed by atoms with Crippen LogP contribution in [0.25, 0.3) is 11.3 Å². The highest BCUT2D eigenvalue weighted by molar-refractivity contribution is 6.04. The van der Waals surface area contributed by atoms with Crippen molar-refractivity contribution in [3.63, 3.8) is 0 Å². The molecule has 0 spiro atoms. The maximum absolute atomic E-state index is 12.4. The summed E-state index contributed by atoms with van der Waals surface area (Å²) < 4.78 is 0. The summed E-state index contributed by atoms with van der Waals surface area (Å²) in [5, 5.41) is 11.8. The molecule has 6 heteroatoms. The highest BCUT2D eigenvalue weighted by atomic mass is 16.1. The van der Waals surface area contributed by atoms with E-state index in [2.05, 4.69) is 27.5 Å². The summed E-state index contributed by atoms with van der Waals surface area (Å²) in [4.78, 5) is 16.2. The van der Waals surface area contributed by atoms with Crippen LogP contribution in [-0.4, -0.2) is 49.3 Å². The highest BCUT2D eigenvalue weighted by Gasteiger charge is 2.18. The monoisotopic (exact) mass is 374 g/mol. The smallest absolute Gasteiger partial charge is 0.255 e. The normalized spacial score (nSPS) is 14.7. The van der Waals surface area contributed by atoms with Crippen LogP contribution in [0.4, 0.5) is 11.5 Å². The molecule has 0 bridgehead atoms. The summed E-state index contributed by atoms with van der Waals surface area (Å²) in [6.07, 6.45) is 0. The second kappa shape index (κ2) is 8.19. The van der Waals surface area contributed by atoms with E-state index in [1.807, 2.05) is 54.6 Å². The standard InChI is InChI=1S/C22H23N5O/c1-26-12-14-27(15-13-26)21-11-10-20(24-25-21)18-8-5-9-19(16-18)23-22(28)17-6-3-2-4-7-17/h2-11,16H,12-15H2,1H3,(H,23,28)/p+1. The molecule has 0 saturated carbocycles. The third-order valence-corrected chi connectivity index (χ3v) is 5.04. The first-order chi connectivity index (χ1) is 13.7. The Bertz CT molecular complexity index is 935. The molecule has 6 nitrogen and oxygen atoms in total. The van der Waals surface area contributed by atoms with Gasteiger partial charge in [0.25, 0.3) is 5.91 Å². The van der Waals surface area contributed by atoms with E-state index in [0.717, 1.165) is 48.9 Å². The Morgan fingerprint density at radius 2 is 1.75 bits per heavy atom. The SMILES string of the molecule is C[NH+]1CCN(c2ccc(-c3cccc(NC(=O)c4ccccc4)c3)nn2)CC1. The van der Waals surface area contributed by atoms with Gasteiger partial charge in [0.1, 0.15) is 0 Å². The fourth-order valence-electron chi connectivity index (χ4n) is 3.31. The predicted octanol–water partition coefficient (Wildman–Crippen LogP) is 1.73. The van der Waals surface area contributed by atoms with Crippen molar-refractivity contribution >= 4 is 17.4 Å². The number of hydrogen-bond acceptors (Lipinski definition) is 4. The molecule has 0 unspecified atom stereocenters. The Labute approximate surface area is 164 Å². The summed E-state index contributed by atoms with van der Waals surface area (Å²) in [6, 6.07) is 20.9. The first-order valence-corrected chi connectivity index (χ1v) is 9.56. The molecular formula is C22H24N5O+. The number of piperazine rings is 1. The summed E-state index contributed by atoms with van der Waals surface area (Å²) >= 11 is 0. The number of benzene rings is 2. The second-order valence-electron chi connectivity index (χ2n) is 7.12. The number of carbonyl (C=O) groups is 1. The van der Waals surface area contributed by atoms with Crippen LogP contribution in [0.3, 0.4) is 0 Å². The van der Waals surface area contributed by atoms with Gasteiger partial charge in [0.05, 0.1) is 38.9 Å². The fourth-order valence-corrected chi connectivity index (χ4v) is 3.31. The maximum atomic E-state index is 12.4. The van der Waals surface area contributed by atoms with E-state index in [-0.39, 0.29) is 5.91 Å². The van der Waals surface area contributed by atoms with Crippen molar-refractivity contribution in [2.45, 2.75) is 0 Å². The lowest BCUT2D eigenvalue weighted by Crippen LogP contribution is -3.12. The van der Waals surface area contributed by atoms with E-state index >= 15 is 0 Å². The third kappa shape index (κ3) is 4.18. The van der Waals surface area contributed by atoms with Gasteiger partial charge in [-0.15, -0.1) is 10.2 Å². The maximum Gasteiger partial charge on any atom is 0.255 e. The number of amides is 1. The van der Waals surface area contributed by atoms with Crippen molar-refractivity contribution in [3.05, 3.63) is 72.3 Å². The van der Waals surface area contributed by atoms with Crippen LogP contribution < -0.4 is 15.1 Å². The molecule has 1 saturated heterocycles. The van der Waals surface area contributed by atoms with E-state index < -0.39 is 0 Å². The first-order valence-electron chi connectivity index (χ1n) is 9.56. The minimum atomic E-state index is -0.128. The summed E-state index contributed by atoms with van der Waals surface area (Å²) in [7, 11) is 2.22. The fraction of sp³-hybridized carbons (Fsp3) is 0.227. The summed E-state index contributed by atoms with van der Waals surface area (Å²) in [6.45, 7) is 4.24. The number of quaternary nitrogens is 1. The van der Waals surface area contributed by atoms with Crippen molar-refractivity contribution in [3.8, 4) is 11.3 Å². The number of rotatable bonds is 4. The van der Waals surface area contributed by atoms with Crippen LogP contribution in [-0.2, 0) is 0 Å². The van der Waals surface area contributed by atoms with Gasteiger partial charge in [-0.1, -0.05) is 30.3 Å². The third-order valence-electron chi connectivity index (χ3n) is 5.04. The van der Waals surface area contributed by atoms with E-state index in [0.29, 0.717) is 5.56 Å². The molecule has 4 rings (SSSR count). The van der Waals surface area contributed by atoms with E-state index in [1.54, 1.807) is 17.0 Å². The molecule has 2 N–H and O–H groups in total. The zero-order valence-electron chi connectivity index (χ0n) is 15.9. The molecule has 1 fully saturated rings. The molecule has 1 aliphatic rings. The van der Waals surface area contributed by atoms with Crippen molar-refractivity contribution < 1.29 is 9.69 Å². The minimum Gasteiger partial charge on any atom is -0.344 e. The van der Waals surface area contributed by atoms with Gasteiger partial charge in [0, 0.05) is 16.8 Å². The largest absolute Gasteiger partial charge is 0.344 e. The highest BCUT2D eigenvalue weighted by Crippen LogP contribution is 2.22. The molecule has 2 aromatic carbocycles. The molecule has 2 heterocycles. The topological polar surface area (TPSA) is 62.6 Å². The quantitative estimate of drug-likeness (QED) is 0.730. The van der Waals surface area contributed by atoms with Gasteiger partial charge in [-0.05, 0) is 36.4 Å². The number of anilines is 2. The molecule has 28 heavy (non-hydrogen) atoms. The lowest BCUT2D eigenvalue weighted by Gasteiger charge is -2.30. The molecule has 3 aromatic rings. The molecule has 0 atom stereocenters. The zero-order valence-corrected chi connectivity index (χ0v) is 15.9. The first kappa shape index (κ1) is 18.1. The Balaban J connectivity index is 1.47. The van der Waals surface area contributed by atoms with Crippen LogP contribution in [0, 0.1) is 0 Å². The van der Waals surface area contributed by atoms with E-state index in [9.17, 15) is 4.79 Å². The van der Waals surface area contributed by atoms with Gasteiger partial charge in [0.2, 0.25) is 0 Å². The lowest BCUT2D eigenvalue weighted by molar-refractivity contribution is -0.880. The molecule has 142 valence electrons. The van der Waals surface area contributed by atoms with Gasteiger partial charge in [-0.3, -0.25) is 4.79 Å². The van der Waals surface area contributed by atoms with E-state index in [4.69, 9.17) is 0 Å². The molecule has 1 amide bonds. The van der Waals surface area contributed by atoms with Crippen LogP contribution in [0.15, 0.2) is 66.7 Å². The van der Waals surface area contributed by atoms with Gasteiger partial charge in [0.15, 0.2) is 5.82 Å². The van der Waals surface area contributed by atoms with E-state index in [1.165, 1.54) is 0 Å². The number of likely N-dealkylation sites (N-methyl/N-ethyl adjacent to an activating group) is 1. The number of nitrogens with one attached hydrogen (secondary N) is 2. The number of aromatic nitrogens is 2. The molecule has 0 aliphatic carbocycles. The predicted molar refractivity (Wildman–Crippen MR) is 111 cm³/mol.